The minimum atomic E-state index is -4.68. The number of alkyl halides is 3. The second kappa shape index (κ2) is 8.17. The van der Waals surface area contributed by atoms with E-state index in [0.29, 0.717) is 10.7 Å². The van der Waals surface area contributed by atoms with Crippen LogP contribution < -0.4 is 10.2 Å². The fraction of sp³-hybridized carbons (Fsp3) is 0.389. The summed E-state index contributed by atoms with van der Waals surface area (Å²) in [4.78, 5) is 22.1. The van der Waals surface area contributed by atoms with E-state index in [1.54, 1.807) is 17.2 Å². The molecule has 4 rings (SSSR count). The maximum atomic E-state index is 12.7. The Labute approximate surface area is 179 Å². The van der Waals surface area contributed by atoms with Gasteiger partial charge in [0.2, 0.25) is 11.6 Å². The molecule has 2 aromatic heterocycles. The van der Waals surface area contributed by atoms with Crippen LogP contribution in [0.15, 0.2) is 18.2 Å². The number of anilines is 2. The van der Waals surface area contributed by atoms with Gasteiger partial charge in [0, 0.05) is 18.8 Å². The number of rotatable bonds is 4. The van der Waals surface area contributed by atoms with Crippen molar-refractivity contribution in [1.82, 2.24) is 29.9 Å². The monoisotopic (exact) mass is 454 g/mol. The standard InChI is InChI=1S/C18H18ClF3N8O/c1-10-23-14(28-30(10)17-25-16(26-27-17)18(20,21)22)15(31)24-11-5-6-13(12(19)9-11)29-7-3-2-4-8-29/h5-6,9H,2-4,7-8H2,1H3,(H,24,31)(H,25,26,27). The lowest BCUT2D eigenvalue weighted by atomic mass is 10.1. The zero-order valence-corrected chi connectivity index (χ0v) is 17.1. The first-order chi connectivity index (χ1) is 14.7. The summed E-state index contributed by atoms with van der Waals surface area (Å²) in [5, 5.41) is 12.4. The molecule has 1 aliphatic heterocycles. The van der Waals surface area contributed by atoms with Crippen LogP contribution in [0.5, 0.6) is 0 Å². The fourth-order valence-electron chi connectivity index (χ4n) is 3.31. The topological polar surface area (TPSA) is 105 Å². The van der Waals surface area contributed by atoms with E-state index in [0.717, 1.165) is 36.3 Å². The Hall–Kier alpha value is -3.15. The summed E-state index contributed by atoms with van der Waals surface area (Å²) in [6.07, 6.45) is -1.26. The van der Waals surface area contributed by atoms with E-state index in [2.05, 4.69) is 30.4 Å². The molecule has 0 atom stereocenters. The van der Waals surface area contributed by atoms with Crippen molar-refractivity contribution in [2.24, 2.45) is 0 Å². The highest BCUT2D eigenvalue weighted by Crippen LogP contribution is 2.31. The maximum absolute atomic E-state index is 12.7. The number of nitrogens with one attached hydrogen (secondary N) is 2. The molecule has 2 N–H and O–H groups in total. The van der Waals surface area contributed by atoms with Gasteiger partial charge in [0.25, 0.3) is 11.9 Å². The molecule has 3 heterocycles. The summed E-state index contributed by atoms with van der Waals surface area (Å²) in [6.45, 7) is 3.34. The normalized spacial score (nSPS) is 14.7. The van der Waals surface area contributed by atoms with Crippen LogP contribution >= 0.6 is 11.6 Å². The third kappa shape index (κ3) is 4.48. The molecule has 0 aliphatic carbocycles. The van der Waals surface area contributed by atoms with E-state index in [4.69, 9.17) is 11.6 Å². The summed E-state index contributed by atoms with van der Waals surface area (Å²) in [5.41, 5.74) is 1.35. The van der Waals surface area contributed by atoms with Gasteiger partial charge < -0.3 is 10.2 Å². The molecule has 1 saturated heterocycles. The molecule has 3 aromatic rings. The van der Waals surface area contributed by atoms with Crippen molar-refractivity contribution in [3.8, 4) is 5.95 Å². The van der Waals surface area contributed by atoms with Gasteiger partial charge in [-0.2, -0.15) is 22.8 Å². The molecular formula is C18H18ClF3N8O. The van der Waals surface area contributed by atoms with Gasteiger partial charge in [-0.1, -0.05) is 11.6 Å². The lowest BCUT2D eigenvalue weighted by molar-refractivity contribution is -0.144. The van der Waals surface area contributed by atoms with Gasteiger partial charge in [-0.25, -0.2) is 4.98 Å². The Morgan fingerprint density at radius 1 is 1.19 bits per heavy atom. The first-order valence-corrected chi connectivity index (χ1v) is 9.89. The quantitative estimate of drug-likeness (QED) is 0.624. The van der Waals surface area contributed by atoms with E-state index in [1.165, 1.54) is 13.3 Å². The molecule has 13 heteroatoms. The van der Waals surface area contributed by atoms with Crippen LogP contribution in [0, 0.1) is 6.92 Å². The molecule has 1 aromatic carbocycles. The summed E-state index contributed by atoms with van der Waals surface area (Å²) in [7, 11) is 0. The number of piperidine rings is 1. The zero-order valence-electron chi connectivity index (χ0n) is 16.4. The average molecular weight is 455 g/mol. The number of nitrogens with zero attached hydrogens (tertiary/aromatic N) is 6. The molecule has 31 heavy (non-hydrogen) atoms. The maximum Gasteiger partial charge on any atom is 0.451 e. The summed E-state index contributed by atoms with van der Waals surface area (Å²) >= 11 is 6.40. The molecule has 164 valence electrons. The Bertz CT molecular complexity index is 1100. The largest absolute Gasteiger partial charge is 0.451 e. The number of carbonyl (C=O) groups is 1. The first kappa shape index (κ1) is 21.1. The van der Waals surface area contributed by atoms with Gasteiger partial charge >= 0.3 is 6.18 Å². The highest BCUT2D eigenvalue weighted by atomic mass is 35.5. The van der Waals surface area contributed by atoms with E-state index in [9.17, 15) is 18.0 Å². The molecule has 1 aliphatic rings. The number of aromatic nitrogens is 6. The molecular weight excluding hydrogens is 437 g/mol. The third-order valence-corrected chi connectivity index (χ3v) is 5.11. The van der Waals surface area contributed by atoms with Crippen LogP contribution in [-0.4, -0.2) is 48.9 Å². The summed E-state index contributed by atoms with van der Waals surface area (Å²) in [5.74, 6) is -2.38. The number of H-pyrrole nitrogens is 1. The number of hydrogen-bond donors (Lipinski definition) is 2. The number of hydrogen-bond acceptors (Lipinski definition) is 6. The van der Waals surface area contributed by atoms with Gasteiger partial charge in [0.1, 0.15) is 5.82 Å². The third-order valence-electron chi connectivity index (χ3n) is 4.81. The molecule has 0 radical (unpaired) electrons. The second-order valence-electron chi connectivity index (χ2n) is 7.04. The molecule has 0 bridgehead atoms. The number of aromatic amines is 1. The van der Waals surface area contributed by atoms with Gasteiger partial charge in [0.05, 0.1) is 10.7 Å². The van der Waals surface area contributed by atoms with Crippen LogP contribution in [0.1, 0.15) is 41.5 Å². The van der Waals surface area contributed by atoms with Crippen molar-refractivity contribution in [2.45, 2.75) is 32.4 Å². The molecule has 0 saturated carbocycles. The van der Waals surface area contributed by atoms with Crippen molar-refractivity contribution in [2.75, 3.05) is 23.3 Å². The van der Waals surface area contributed by atoms with Crippen molar-refractivity contribution >= 4 is 28.9 Å². The van der Waals surface area contributed by atoms with E-state index in [-0.39, 0.29) is 17.6 Å². The second-order valence-corrected chi connectivity index (χ2v) is 7.45. The number of benzene rings is 1. The highest BCUT2D eigenvalue weighted by Gasteiger charge is 2.35. The Balaban J connectivity index is 1.50. The number of halogens is 4. The SMILES string of the molecule is Cc1nc(C(=O)Nc2ccc(N3CCCCC3)c(Cl)c2)nn1-c1n[nH]c(C(F)(F)F)n1. The van der Waals surface area contributed by atoms with E-state index < -0.39 is 17.9 Å². The highest BCUT2D eigenvalue weighted by molar-refractivity contribution is 6.33. The van der Waals surface area contributed by atoms with Gasteiger partial charge in [-0.3, -0.25) is 9.89 Å². The van der Waals surface area contributed by atoms with Crippen LogP contribution in [0.25, 0.3) is 5.95 Å². The van der Waals surface area contributed by atoms with E-state index >= 15 is 0 Å². The first-order valence-electron chi connectivity index (χ1n) is 9.52. The molecule has 1 fully saturated rings. The lowest BCUT2D eigenvalue weighted by Gasteiger charge is -2.29. The molecule has 9 nitrogen and oxygen atoms in total. The van der Waals surface area contributed by atoms with E-state index in [1.807, 2.05) is 6.07 Å². The van der Waals surface area contributed by atoms with Crippen molar-refractivity contribution < 1.29 is 18.0 Å². The zero-order chi connectivity index (χ0) is 22.2. The van der Waals surface area contributed by atoms with Gasteiger partial charge in [-0.15, -0.1) is 10.2 Å². The van der Waals surface area contributed by atoms with Crippen molar-refractivity contribution in [3.05, 3.63) is 40.7 Å². The predicted molar refractivity (Wildman–Crippen MR) is 107 cm³/mol. The molecule has 0 spiro atoms. The van der Waals surface area contributed by atoms with Crippen molar-refractivity contribution in [1.29, 1.82) is 0 Å². The van der Waals surface area contributed by atoms with Crippen LogP contribution in [0.2, 0.25) is 5.02 Å². The summed E-state index contributed by atoms with van der Waals surface area (Å²) in [6, 6.07) is 5.20. The van der Waals surface area contributed by atoms with Crippen LogP contribution in [0.3, 0.4) is 0 Å². The number of carbonyl (C=O) groups excluding carboxylic acids is 1. The van der Waals surface area contributed by atoms with Crippen LogP contribution in [0.4, 0.5) is 24.5 Å². The fourth-order valence-corrected chi connectivity index (χ4v) is 3.61. The molecule has 0 unspecified atom stereocenters. The Morgan fingerprint density at radius 2 is 1.94 bits per heavy atom. The van der Waals surface area contributed by atoms with Gasteiger partial charge in [-0.05, 0) is 44.4 Å². The van der Waals surface area contributed by atoms with Crippen molar-refractivity contribution in [3.63, 3.8) is 0 Å². The minimum Gasteiger partial charge on any atom is -0.370 e. The average Bonchev–Trinajstić information content (AvgIpc) is 3.35. The van der Waals surface area contributed by atoms with Crippen LogP contribution in [-0.2, 0) is 6.18 Å². The predicted octanol–water partition coefficient (Wildman–Crippen LogP) is 3.61. The molecule has 1 amide bonds. The number of amides is 1. The smallest absolute Gasteiger partial charge is 0.370 e. The number of aryl methyl sites for hydroxylation is 1. The Morgan fingerprint density at radius 3 is 2.58 bits per heavy atom. The lowest BCUT2D eigenvalue weighted by Crippen LogP contribution is -2.29. The van der Waals surface area contributed by atoms with Gasteiger partial charge in [0.15, 0.2) is 0 Å². The summed E-state index contributed by atoms with van der Waals surface area (Å²) < 4.78 is 39.1. The Kier molecular flexibility index (Phi) is 5.56. The minimum absolute atomic E-state index is 0.149.